The molecule has 1 rings (SSSR count). The average molecular weight is 236 g/mol. The molecule has 0 spiro atoms. The van der Waals surface area contributed by atoms with E-state index in [2.05, 4.69) is 0 Å². The molecule has 94 valence electrons. The lowest BCUT2D eigenvalue weighted by molar-refractivity contribution is -0.138. The van der Waals surface area contributed by atoms with Crippen LogP contribution in [0.2, 0.25) is 0 Å². The first-order valence-corrected chi connectivity index (χ1v) is 5.82. The number of aryl methyl sites for hydroxylation is 2. The minimum absolute atomic E-state index is 0.0851. The molecule has 0 amide bonds. The Morgan fingerprint density at radius 3 is 2.41 bits per heavy atom. The molecule has 0 aliphatic carbocycles. The van der Waals surface area contributed by atoms with Gasteiger partial charge < -0.3 is 10.2 Å². The fraction of sp³-hybridized carbons (Fsp3) is 0.500. The van der Waals surface area contributed by atoms with E-state index in [0.717, 1.165) is 23.1 Å². The van der Waals surface area contributed by atoms with Gasteiger partial charge in [-0.3, -0.25) is 4.79 Å². The van der Waals surface area contributed by atoms with Crippen LogP contribution in [0.5, 0.6) is 5.75 Å². The summed E-state index contributed by atoms with van der Waals surface area (Å²) in [6.45, 7) is 7.70. The van der Waals surface area contributed by atoms with E-state index >= 15 is 0 Å². The zero-order chi connectivity index (χ0) is 13.2. The van der Waals surface area contributed by atoms with Crippen LogP contribution in [0.25, 0.3) is 0 Å². The maximum atomic E-state index is 10.9. The minimum Gasteiger partial charge on any atom is -0.508 e. The monoisotopic (exact) mass is 236 g/mol. The van der Waals surface area contributed by atoms with Crippen LogP contribution in [0.1, 0.15) is 43.9 Å². The molecule has 1 aromatic carbocycles. The third-order valence-corrected chi connectivity index (χ3v) is 3.13. The molecule has 0 atom stereocenters. The molecule has 0 saturated carbocycles. The van der Waals surface area contributed by atoms with Crippen molar-refractivity contribution in [3.05, 3.63) is 28.8 Å². The second-order valence-corrected chi connectivity index (χ2v) is 5.10. The molecule has 17 heavy (non-hydrogen) atoms. The van der Waals surface area contributed by atoms with Crippen LogP contribution < -0.4 is 0 Å². The summed E-state index contributed by atoms with van der Waals surface area (Å²) < 4.78 is 0. The number of rotatable bonds is 4. The zero-order valence-electron chi connectivity index (χ0n) is 10.9. The molecule has 2 N–H and O–H groups in total. The van der Waals surface area contributed by atoms with Crippen molar-refractivity contribution in [2.24, 2.45) is 0 Å². The van der Waals surface area contributed by atoms with E-state index < -0.39 is 11.4 Å². The van der Waals surface area contributed by atoms with E-state index in [4.69, 9.17) is 5.11 Å². The fourth-order valence-electron chi connectivity index (χ4n) is 2.22. The van der Waals surface area contributed by atoms with Crippen molar-refractivity contribution in [3.63, 3.8) is 0 Å². The Morgan fingerprint density at radius 2 is 1.94 bits per heavy atom. The van der Waals surface area contributed by atoms with Gasteiger partial charge in [-0.15, -0.1) is 0 Å². The van der Waals surface area contributed by atoms with Gasteiger partial charge in [0.1, 0.15) is 5.75 Å². The molecule has 3 nitrogen and oxygen atoms in total. The third kappa shape index (κ3) is 2.99. The van der Waals surface area contributed by atoms with Gasteiger partial charge >= 0.3 is 5.97 Å². The van der Waals surface area contributed by atoms with Gasteiger partial charge in [0.25, 0.3) is 0 Å². The Kier molecular flexibility index (Phi) is 3.81. The topological polar surface area (TPSA) is 57.5 Å². The number of aromatic hydroxyl groups is 1. The smallest absolute Gasteiger partial charge is 0.304 e. The molecular weight excluding hydrogens is 216 g/mol. The van der Waals surface area contributed by atoms with Gasteiger partial charge in [0, 0.05) is 5.41 Å². The van der Waals surface area contributed by atoms with Gasteiger partial charge in [-0.25, -0.2) is 0 Å². The zero-order valence-corrected chi connectivity index (χ0v) is 10.9. The maximum absolute atomic E-state index is 10.9. The van der Waals surface area contributed by atoms with Crippen LogP contribution >= 0.6 is 0 Å². The van der Waals surface area contributed by atoms with E-state index in [1.807, 2.05) is 33.8 Å². The summed E-state index contributed by atoms with van der Waals surface area (Å²) in [6.07, 6.45) is 0.823. The molecule has 0 aliphatic heterocycles. The Morgan fingerprint density at radius 1 is 1.35 bits per heavy atom. The van der Waals surface area contributed by atoms with E-state index in [1.165, 1.54) is 0 Å². The number of phenolic OH excluding ortho intramolecular Hbond substituents is 1. The molecule has 0 radical (unpaired) electrons. The first-order chi connectivity index (χ1) is 7.77. The Labute approximate surface area is 102 Å². The number of carboxylic acid groups (broad SMARTS) is 1. The molecule has 0 aliphatic rings. The second-order valence-electron chi connectivity index (χ2n) is 5.10. The van der Waals surface area contributed by atoms with Crippen molar-refractivity contribution in [2.75, 3.05) is 0 Å². The highest BCUT2D eigenvalue weighted by Crippen LogP contribution is 2.33. The van der Waals surface area contributed by atoms with Crippen LogP contribution in [0.4, 0.5) is 0 Å². The van der Waals surface area contributed by atoms with E-state index in [0.29, 0.717) is 5.75 Å². The highest BCUT2D eigenvalue weighted by Gasteiger charge is 2.26. The quantitative estimate of drug-likeness (QED) is 0.844. The van der Waals surface area contributed by atoms with Crippen LogP contribution in [0, 0.1) is 6.92 Å². The van der Waals surface area contributed by atoms with Crippen LogP contribution in [-0.4, -0.2) is 16.2 Å². The molecule has 3 heteroatoms. The Bertz CT molecular complexity index is 433. The standard InChI is InChI=1S/C14H20O3/c1-5-10-7-11(9(2)6-12(10)15)14(3,4)8-13(16)17/h6-7,15H,5,8H2,1-4H3,(H,16,17). The number of phenols is 1. The molecule has 0 heterocycles. The number of carboxylic acids is 1. The lowest BCUT2D eigenvalue weighted by atomic mass is 9.78. The van der Waals surface area contributed by atoms with Crippen molar-refractivity contribution >= 4 is 5.97 Å². The number of benzene rings is 1. The number of carbonyl (C=O) groups is 1. The summed E-state index contributed by atoms with van der Waals surface area (Å²) in [5.41, 5.74) is 2.37. The van der Waals surface area contributed by atoms with E-state index in [9.17, 15) is 9.90 Å². The van der Waals surface area contributed by atoms with Crippen LogP contribution in [-0.2, 0) is 16.6 Å². The van der Waals surface area contributed by atoms with Crippen LogP contribution in [0.15, 0.2) is 12.1 Å². The number of aliphatic carboxylic acids is 1. The molecule has 0 saturated heterocycles. The second kappa shape index (κ2) is 4.78. The summed E-state index contributed by atoms with van der Waals surface area (Å²) in [6, 6.07) is 3.64. The largest absolute Gasteiger partial charge is 0.508 e. The summed E-state index contributed by atoms with van der Waals surface area (Å²) in [7, 11) is 0. The van der Waals surface area contributed by atoms with Crippen LogP contribution in [0.3, 0.4) is 0 Å². The molecule has 0 aromatic heterocycles. The summed E-state index contributed by atoms with van der Waals surface area (Å²) >= 11 is 0. The van der Waals surface area contributed by atoms with Gasteiger partial charge in [-0.1, -0.05) is 26.8 Å². The number of hydrogen-bond donors (Lipinski definition) is 2. The van der Waals surface area contributed by atoms with Gasteiger partial charge in [0.05, 0.1) is 6.42 Å². The predicted molar refractivity (Wildman–Crippen MR) is 67.5 cm³/mol. The SMILES string of the molecule is CCc1cc(C(C)(C)CC(=O)O)c(C)cc1O. The van der Waals surface area contributed by atoms with Crippen molar-refractivity contribution in [1.29, 1.82) is 0 Å². The summed E-state index contributed by atoms with van der Waals surface area (Å²) in [5, 5.41) is 18.7. The van der Waals surface area contributed by atoms with Gasteiger partial charge in [0.15, 0.2) is 0 Å². The minimum atomic E-state index is -0.805. The van der Waals surface area contributed by atoms with Crippen molar-refractivity contribution in [1.82, 2.24) is 0 Å². The van der Waals surface area contributed by atoms with Crippen molar-refractivity contribution < 1.29 is 15.0 Å². The molecular formula is C14H20O3. The van der Waals surface area contributed by atoms with Crippen molar-refractivity contribution in [2.45, 2.75) is 46.0 Å². The molecule has 0 bridgehead atoms. The van der Waals surface area contributed by atoms with E-state index in [-0.39, 0.29) is 6.42 Å². The van der Waals surface area contributed by atoms with E-state index in [1.54, 1.807) is 6.07 Å². The lowest BCUT2D eigenvalue weighted by Gasteiger charge is -2.26. The molecule has 0 fully saturated rings. The highest BCUT2D eigenvalue weighted by molar-refractivity contribution is 5.69. The summed E-state index contributed by atoms with van der Waals surface area (Å²) in [5.74, 6) is -0.514. The molecule has 1 aromatic rings. The Hall–Kier alpha value is -1.51. The first-order valence-electron chi connectivity index (χ1n) is 5.82. The third-order valence-electron chi connectivity index (χ3n) is 3.13. The van der Waals surface area contributed by atoms with Crippen molar-refractivity contribution in [3.8, 4) is 5.75 Å². The average Bonchev–Trinajstić information content (AvgIpc) is 2.15. The van der Waals surface area contributed by atoms with Gasteiger partial charge in [0.2, 0.25) is 0 Å². The normalized spacial score (nSPS) is 11.5. The number of hydrogen-bond acceptors (Lipinski definition) is 2. The van der Waals surface area contributed by atoms with Gasteiger partial charge in [-0.2, -0.15) is 0 Å². The fourth-order valence-corrected chi connectivity index (χ4v) is 2.22. The summed E-state index contributed by atoms with van der Waals surface area (Å²) in [4.78, 5) is 10.9. The maximum Gasteiger partial charge on any atom is 0.304 e. The van der Waals surface area contributed by atoms with Gasteiger partial charge in [-0.05, 0) is 36.1 Å². The highest BCUT2D eigenvalue weighted by atomic mass is 16.4. The first kappa shape index (κ1) is 13.6. The Balaban J connectivity index is 3.25. The molecule has 0 unspecified atom stereocenters. The lowest BCUT2D eigenvalue weighted by Crippen LogP contribution is -2.23. The predicted octanol–water partition coefficient (Wildman–Crippen LogP) is 3.02.